The van der Waals surface area contributed by atoms with Gasteiger partial charge in [-0.25, -0.2) is 14.4 Å². The first-order chi connectivity index (χ1) is 19.7. The Balaban J connectivity index is 1.30. The fourth-order valence-electron chi connectivity index (χ4n) is 4.95. The van der Waals surface area contributed by atoms with E-state index < -0.39 is 11.7 Å². The van der Waals surface area contributed by atoms with Crippen molar-refractivity contribution in [2.45, 2.75) is 20.3 Å². The fraction of sp³-hybridized carbons (Fsp3) is 0.167. The number of ether oxygens (including phenoxy) is 1. The molecule has 0 saturated carbocycles. The first-order valence-electron chi connectivity index (χ1n) is 13.0. The van der Waals surface area contributed by atoms with Gasteiger partial charge in [0.2, 0.25) is 11.3 Å². The molecule has 41 heavy (non-hydrogen) atoms. The Labute approximate surface area is 233 Å². The Kier molecular flexibility index (Phi) is 6.33. The second-order valence-corrected chi connectivity index (χ2v) is 9.76. The molecule has 0 spiro atoms. The summed E-state index contributed by atoms with van der Waals surface area (Å²) in [5, 5.41) is 7.91. The van der Waals surface area contributed by atoms with Crippen molar-refractivity contribution in [3.05, 3.63) is 94.2 Å². The number of hydrogen-bond acceptors (Lipinski definition) is 6. The van der Waals surface area contributed by atoms with E-state index in [9.17, 15) is 9.59 Å². The van der Waals surface area contributed by atoms with Gasteiger partial charge in [-0.2, -0.15) is 5.10 Å². The Morgan fingerprint density at radius 1 is 1.15 bits per heavy atom. The van der Waals surface area contributed by atoms with Gasteiger partial charge in [-0.3, -0.25) is 14.3 Å². The van der Waals surface area contributed by atoms with E-state index >= 15 is 4.39 Å². The predicted octanol–water partition coefficient (Wildman–Crippen LogP) is 5.26. The van der Waals surface area contributed by atoms with E-state index in [0.717, 1.165) is 34.7 Å². The third-order valence-electron chi connectivity index (χ3n) is 7.24. The highest BCUT2D eigenvalue weighted by molar-refractivity contribution is 6.07. The van der Waals surface area contributed by atoms with Crippen LogP contribution in [0.4, 0.5) is 10.1 Å². The first kappa shape index (κ1) is 25.9. The number of fused-ring (bicyclic) bond motifs is 2. The topological polar surface area (TPSA) is 120 Å². The van der Waals surface area contributed by atoms with Gasteiger partial charge in [0.1, 0.15) is 17.5 Å². The van der Waals surface area contributed by atoms with Crippen LogP contribution in [0.25, 0.3) is 33.1 Å². The number of H-pyrrole nitrogens is 1. The van der Waals surface area contributed by atoms with Gasteiger partial charge in [-0.15, -0.1) is 0 Å². The number of carbonyl (C=O) groups is 1. The van der Waals surface area contributed by atoms with E-state index in [2.05, 4.69) is 25.4 Å². The number of aromatic amines is 1. The summed E-state index contributed by atoms with van der Waals surface area (Å²) in [5.74, 6) is -1.27. The minimum Gasteiger partial charge on any atom is -0.435 e. The molecule has 0 aliphatic heterocycles. The molecule has 2 aromatic carbocycles. The van der Waals surface area contributed by atoms with Gasteiger partial charge in [-0.05, 0) is 43.2 Å². The molecule has 0 fully saturated rings. The number of carbonyl (C=O) groups excluding carboxylic acids is 1. The van der Waals surface area contributed by atoms with Gasteiger partial charge in [-0.1, -0.05) is 13.0 Å². The average molecular weight is 552 g/mol. The quantitative estimate of drug-likeness (QED) is 0.291. The molecule has 0 saturated heterocycles. The van der Waals surface area contributed by atoms with Crippen LogP contribution in [-0.4, -0.2) is 35.2 Å². The third kappa shape index (κ3) is 4.50. The molecule has 2 N–H and O–H groups in total. The Bertz CT molecular complexity index is 2040. The molecule has 10 nitrogen and oxygen atoms in total. The third-order valence-corrected chi connectivity index (χ3v) is 7.24. The molecule has 4 heterocycles. The summed E-state index contributed by atoms with van der Waals surface area (Å²) in [7, 11) is 3.61. The van der Waals surface area contributed by atoms with Crippen molar-refractivity contribution in [2.75, 3.05) is 5.32 Å². The van der Waals surface area contributed by atoms with Gasteiger partial charge in [0.15, 0.2) is 11.6 Å². The lowest BCUT2D eigenvalue weighted by atomic mass is 10.0. The number of halogens is 1. The van der Waals surface area contributed by atoms with E-state index in [1.54, 1.807) is 31.0 Å². The summed E-state index contributed by atoms with van der Waals surface area (Å²) < 4.78 is 24.6. The van der Waals surface area contributed by atoms with Crippen LogP contribution in [-0.2, 0) is 20.5 Å². The van der Waals surface area contributed by atoms with Gasteiger partial charge in [0.25, 0.3) is 5.91 Å². The minimum absolute atomic E-state index is 0.00718. The van der Waals surface area contributed by atoms with Crippen molar-refractivity contribution in [3.8, 4) is 22.8 Å². The van der Waals surface area contributed by atoms with Crippen LogP contribution in [0.3, 0.4) is 0 Å². The van der Waals surface area contributed by atoms with E-state index in [0.29, 0.717) is 22.1 Å². The van der Waals surface area contributed by atoms with Crippen LogP contribution >= 0.6 is 0 Å². The zero-order valence-electron chi connectivity index (χ0n) is 22.8. The second-order valence-electron chi connectivity index (χ2n) is 9.76. The normalized spacial score (nSPS) is 11.3. The van der Waals surface area contributed by atoms with E-state index in [1.165, 1.54) is 18.5 Å². The smallest absolute Gasteiger partial charge is 0.261 e. The maximum atomic E-state index is 15.2. The molecule has 1 amide bonds. The molecule has 0 atom stereocenters. The summed E-state index contributed by atoms with van der Waals surface area (Å²) in [6.45, 7) is 3.71. The van der Waals surface area contributed by atoms with E-state index in [1.807, 2.05) is 42.9 Å². The van der Waals surface area contributed by atoms with E-state index in [-0.39, 0.29) is 28.3 Å². The number of aromatic nitrogens is 6. The van der Waals surface area contributed by atoms with Gasteiger partial charge in [0.05, 0.1) is 17.1 Å². The summed E-state index contributed by atoms with van der Waals surface area (Å²) in [6.07, 6.45) is 7.39. The molecule has 0 aliphatic rings. The Morgan fingerprint density at radius 3 is 2.71 bits per heavy atom. The van der Waals surface area contributed by atoms with Crippen molar-refractivity contribution in [1.29, 1.82) is 0 Å². The summed E-state index contributed by atoms with van der Waals surface area (Å²) in [4.78, 5) is 38.2. The Hall–Kier alpha value is -5.32. The number of rotatable bonds is 6. The fourth-order valence-corrected chi connectivity index (χ4v) is 4.95. The van der Waals surface area contributed by atoms with Gasteiger partial charge in [0, 0.05) is 60.4 Å². The highest BCUT2D eigenvalue weighted by Gasteiger charge is 2.21. The van der Waals surface area contributed by atoms with Crippen LogP contribution in [0.1, 0.15) is 28.5 Å². The Morgan fingerprint density at radius 2 is 1.98 bits per heavy atom. The molecule has 206 valence electrons. The highest BCUT2D eigenvalue weighted by Crippen LogP contribution is 2.36. The lowest BCUT2D eigenvalue weighted by Crippen LogP contribution is -2.26. The molecule has 4 aromatic heterocycles. The standard InChI is InChI=1S/C30H26FN7O3/c1-5-17-6-8-23-20(10-17)27(39)25(16(2)38(23)4)29(40)36-19-7-9-24(22(31)11-19)41-30-26-21(18-12-35-37(3)14-18)13-32-28(26)33-15-34-30/h6-15H,5H2,1-4H3,(H,36,40)(H,32,33,34). The average Bonchev–Trinajstić information content (AvgIpc) is 3.59. The second kappa shape index (κ2) is 10.0. The lowest BCUT2D eigenvalue weighted by Gasteiger charge is -2.15. The number of anilines is 1. The van der Waals surface area contributed by atoms with Crippen molar-refractivity contribution in [3.63, 3.8) is 0 Å². The first-order valence-corrected chi connectivity index (χ1v) is 13.0. The summed E-state index contributed by atoms with van der Waals surface area (Å²) >= 11 is 0. The molecule has 0 unspecified atom stereocenters. The number of aryl methyl sites for hydroxylation is 3. The van der Waals surface area contributed by atoms with Crippen molar-refractivity contribution >= 4 is 33.5 Å². The molecule has 0 aliphatic carbocycles. The number of nitrogens with one attached hydrogen (secondary N) is 2. The predicted molar refractivity (Wildman–Crippen MR) is 154 cm³/mol. The molecule has 0 radical (unpaired) electrons. The zero-order chi connectivity index (χ0) is 28.8. The van der Waals surface area contributed by atoms with Crippen LogP contribution in [0.5, 0.6) is 11.6 Å². The highest BCUT2D eigenvalue weighted by atomic mass is 19.1. The maximum absolute atomic E-state index is 15.2. The minimum atomic E-state index is -0.719. The molecule has 0 bridgehead atoms. The zero-order valence-corrected chi connectivity index (χ0v) is 22.8. The van der Waals surface area contributed by atoms with Crippen molar-refractivity contribution in [2.24, 2.45) is 14.1 Å². The van der Waals surface area contributed by atoms with Crippen LogP contribution in [0, 0.1) is 12.7 Å². The monoisotopic (exact) mass is 551 g/mol. The van der Waals surface area contributed by atoms with Crippen LogP contribution in [0.2, 0.25) is 0 Å². The van der Waals surface area contributed by atoms with Gasteiger partial charge >= 0.3 is 0 Å². The molecular weight excluding hydrogens is 525 g/mol. The number of nitrogens with zero attached hydrogens (tertiary/aromatic N) is 5. The van der Waals surface area contributed by atoms with Crippen LogP contribution in [0.15, 0.2) is 66.1 Å². The maximum Gasteiger partial charge on any atom is 0.261 e. The lowest BCUT2D eigenvalue weighted by molar-refractivity contribution is 0.102. The summed E-state index contributed by atoms with van der Waals surface area (Å²) in [5.41, 5.74) is 4.15. The number of hydrogen-bond donors (Lipinski definition) is 2. The SMILES string of the molecule is CCc1ccc2c(c1)c(=O)c(C(=O)Nc1ccc(Oc3ncnc4[nH]cc(-c5cnn(C)c5)c34)c(F)c1)c(C)n2C. The van der Waals surface area contributed by atoms with Crippen LogP contribution < -0.4 is 15.5 Å². The van der Waals surface area contributed by atoms with E-state index in [4.69, 9.17) is 4.74 Å². The number of benzene rings is 2. The summed E-state index contributed by atoms with van der Waals surface area (Å²) in [6, 6.07) is 9.71. The largest absolute Gasteiger partial charge is 0.435 e. The number of pyridine rings is 1. The molecular formula is C30H26FN7O3. The van der Waals surface area contributed by atoms with Crippen molar-refractivity contribution < 1.29 is 13.9 Å². The van der Waals surface area contributed by atoms with Crippen molar-refractivity contribution in [1.82, 2.24) is 29.3 Å². The molecule has 6 aromatic rings. The molecule has 6 rings (SSSR count). The number of amides is 1. The molecule has 11 heteroatoms. The van der Waals surface area contributed by atoms with Gasteiger partial charge < -0.3 is 19.6 Å².